The fourth-order valence-electron chi connectivity index (χ4n) is 1.85. The first kappa shape index (κ1) is 12.6. The van der Waals surface area contributed by atoms with Gasteiger partial charge in [0.25, 0.3) is 0 Å². The van der Waals surface area contributed by atoms with Gasteiger partial charge in [-0.3, -0.25) is 4.68 Å². The summed E-state index contributed by atoms with van der Waals surface area (Å²) in [5.74, 6) is 1.09. The van der Waals surface area contributed by atoms with Gasteiger partial charge in [0.05, 0.1) is 24.9 Å². The zero-order valence-corrected chi connectivity index (χ0v) is 11.1. The van der Waals surface area contributed by atoms with Crippen LogP contribution in [0.4, 0.5) is 0 Å². The average molecular weight is 273 g/mol. The highest BCUT2D eigenvalue weighted by molar-refractivity contribution is 5.51. The number of rotatable bonds is 6. The Kier molecular flexibility index (Phi) is 3.60. The van der Waals surface area contributed by atoms with Gasteiger partial charge >= 0.3 is 0 Å². The summed E-state index contributed by atoms with van der Waals surface area (Å²) in [6.45, 7) is 3.39. The highest BCUT2D eigenvalue weighted by Gasteiger charge is 2.10. The van der Waals surface area contributed by atoms with Gasteiger partial charge in [0, 0.05) is 18.4 Å². The monoisotopic (exact) mass is 273 g/mol. The average Bonchev–Trinajstić information content (AvgIpc) is 3.18. The minimum Gasteiger partial charge on any atom is -0.472 e. The molecule has 1 atom stereocenters. The molecular formula is C13H15N5O2. The van der Waals surface area contributed by atoms with E-state index in [9.17, 15) is 0 Å². The quantitative estimate of drug-likeness (QED) is 0.736. The van der Waals surface area contributed by atoms with Crippen molar-refractivity contribution in [3.8, 4) is 11.4 Å². The summed E-state index contributed by atoms with van der Waals surface area (Å²) < 4.78 is 12.1. The van der Waals surface area contributed by atoms with E-state index in [1.807, 2.05) is 16.9 Å². The van der Waals surface area contributed by atoms with Crippen molar-refractivity contribution in [2.75, 3.05) is 0 Å². The van der Waals surface area contributed by atoms with Crippen molar-refractivity contribution in [1.29, 1.82) is 0 Å². The van der Waals surface area contributed by atoms with E-state index in [-0.39, 0.29) is 6.04 Å². The molecular weight excluding hydrogens is 258 g/mol. The maximum Gasteiger partial charge on any atom is 0.240 e. The summed E-state index contributed by atoms with van der Waals surface area (Å²) in [5.41, 5.74) is 0.810. The zero-order chi connectivity index (χ0) is 13.8. The Morgan fingerprint density at radius 3 is 3.15 bits per heavy atom. The van der Waals surface area contributed by atoms with E-state index in [1.54, 1.807) is 24.8 Å². The van der Waals surface area contributed by atoms with Gasteiger partial charge in [-0.2, -0.15) is 10.1 Å². The lowest BCUT2D eigenvalue weighted by molar-refractivity contribution is 0.350. The number of nitrogens with zero attached hydrogens (tertiary/aromatic N) is 4. The second kappa shape index (κ2) is 5.70. The fourth-order valence-corrected chi connectivity index (χ4v) is 1.85. The summed E-state index contributed by atoms with van der Waals surface area (Å²) in [6, 6.07) is 3.95. The molecule has 0 saturated heterocycles. The van der Waals surface area contributed by atoms with Crippen molar-refractivity contribution in [1.82, 2.24) is 25.2 Å². The first-order valence-electron chi connectivity index (χ1n) is 6.37. The van der Waals surface area contributed by atoms with E-state index in [4.69, 9.17) is 8.94 Å². The molecule has 104 valence electrons. The smallest absolute Gasteiger partial charge is 0.240 e. The van der Waals surface area contributed by atoms with Gasteiger partial charge in [0.2, 0.25) is 11.7 Å². The number of nitrogens with one attached hydrogen (secondary N) is 1. The van der Waals surface area contributed by atoms with Gasteiger partial charge in [0.1, 0.15) is 6.26 Å². The molecule has 0 aliphatic carbocycles. The summed E-state index contributed by atoms with van der Waals surface area (Å²) in [7, 11) is 0. The molecule has 0 spiro atoms. The van der Waals surface area contributed by atoms with Crippen molar-refractivity contribution in [2.45, 2.75) is 26.1 Å². The largest absolute Gasteiger partial charge is 0.472 e. The SMILES string of the molecule is CC(Cn1cccn1)NCc1nc(-c2ccoc2)no1. The van der Waals surface area contributed by atoms with Crippen LogP contribution in [0.15, 0.2) is 46.0 Å². The molecule has 0 aromatic carbocycles. The Balaban J connectivity index is 1.53. The van der Waals surface area contributed by atoms with Crippen LogP contribution in [0.25, 0.3) is 11.4 Å². The van der Waals surface area contributed by atoms with Crippen molar-refractivity contribution >= 4 is 0 Å². The van der Waals surface area contributed by atoms with E-state index >= 15 is 0 Å². The Hall–Kier alpha value is -2.41. The second-order valence-electron chi connectivity index (χ2n) is 4.53. The lowest BCUT2D eigenvalue weighted by atomic mass is 10.3. The van der Waals surface area contributed by atoms with Crippen LogP contribution in [0.5, 0.6) is 0 Å². The molecule has 0 aliphatic heterocycles. The maximum atomic E-state index is 5.19. The first-order valence-corrected chi connectivity index (χ1v) is 6.37. The lowest BCUT2D eigenvalue weighted by Gasteiger charge is -2.11. The van der Waals surface area contributed by atoms with Crippen molar-refractivity contribution < 1.29 is 8.94 Å². The molecule has 3 rings (SSSR count). The van der Waals surface area contributed by atoms with Crippen molar-refractivity contribution in [3.05, 3.63) is 42.9 Å². The van der Waals surface area contributed by atoms with E-state index in [2.05, 4.69) is 27.5 Å². The fraction of sp³-hybridized carbons (Fsp3) is 0.308. The molecule has 1 unspecified atom stereocenters. The van der Waals surface area contributed by atoms with E-state index in [0.29, 0.717) is 18.3 Å². The molecule has 0 fully saturated rings. The summed E-state index contributed by atoms with van der Waals surface area (Å²) >= 11 is 0. The molecule has 0 saturated carbocycles. The Bertz CT molecular complexity index is 630. The van der Waals surface area contributed by atoms with Crippen LogP contribution in [-0.2, 0) is 13.1 Å². The van der Waals surface area contributed by atoms with Crippen LogP contribution < -0.4 is 5.32 Å². The number of aromatic nitrogens is 4. The minimum absolute atomic E-state index is 0.249. The molecule has 7 nitrogen and oxygen atoms in total. The van der Waals surface area contributed by atoms with Crippen molar-refractivity contribution in [3.63, 3.8) is 0 Å². The molecule has 3 aromatic heterocycles. The van der Waals surface area contributed by atoms with Crippen LogP contribution in [0, 0.1) is 0 Å². The number of furan rings is 1. The van der Waals surface area contributed by atoms with Crippen LogP contribution in [0.1, 0.15) is 12.8 Å². The molecule has 0 radical (unpaired) electrons. The highest BCUT2D eigenvalue weighted by Crippen LogP contribution is 2.15. The van der Waals surface area contributed by atoms with E-state index < -0.39 is 0 Å². The summed E-state index contributed by atoms with van der Waals surface area (Å²) in [6.07, 6.45) is 6.86. The predicted octanol–water partition coefficient (Wildman–Crippen LogP) is 1.70. The minimum atomic E-state index is 0.249. The first-order chi connectivity index (χ1) is 9.81. The molecule has 3 aromatic rings. The van der Waals surface area contributed by atoms with E-state index in [0.717, 1.165) is 12.1 Å². The van der Waals surface area contributed by atoms with Crippen LogP contribution in [0.3, 0.4) is 0 Å². The van der Waals surface area contributed by atoms with Gasteiger partial charge in [-0.25, -0.2) is 0 Å². The Morgan fingerprint density at radius 1 is 1.45 bits per heavy atom. The molecule has 1 N–H and O–H groups in total. The molecule has 7 heteroatoms. The Morgan fingerprint density at radius 2 is 2.40 bits per heavy atom. The van der Waals surface area contributed by atoms with Gasteiger partial charge < -0.3 is 14.3 Å². The normalized spacial score (nSPS) is 12.7. The Labute approximate surface area is 115 Å². The van der Waals surface area contributed by atoms with Gasteiger partial charge in [-0.05, 0) is 19.1 Å². The number of hydrogen-bond acceptors (Lipinski definition) is 6. The van der Waals surface area contributed by atoms with Crippen LogP contribution in [-0.4, -0.2) is 26.0 Å². The molecule has 0 aliphatic rings. The molecule has 20 heavy (non-hydrogen) atoms. The second-order valence-corrected chi connectivity index (χ2v) is 4.53. The summed E-state index contributed by atoms with van der Waals surface area (Å²) in [5, 5.41) is 11.4. The van der Waals surface area contributed by atoms with E-state index in [1.165, 1.54) is 0 Å². The number of hydrogen-bond donors (Lipinski definition) is 1. The predicted molar refractivity (Wildman–Crippen MR) is 70.5 cm³/mol. The lowest BCUT2D eigenvalue weighted by Crippen LogP contribution is -2.30. The molecule has 3 heterocycles. The third-order valence-corrected chi connectivity index (χ3v) is 2.87. The van der Waals surface area contributed by atoms with Crippen LogP contribution >= 0.6 is 0 Å². The third-order valence-electron chi connectivity index (χ3n) is 2.87. The van der Waals surface area contributed by atoms with Gasteiger partial charge in [-0.15, -0.1) is 0 Å². The third kappa shape index (κ3) is 2.94. The zero-order valence-electron chi connectivity index (χ0n) is 11.1. The highest BCUT2D eigenvalue weighted by atomic mass is 16.5. The maximum absolute atomic E-state index is 5.19. The van der Waals surface area contributed by atoms with Gasteiger partial charge in [0.15, 0.2) is 0 Å². The summed E-state index contributed by atoms with van der Waals surface area (Å²) in [4.78, 5) is 4.30. The standard InChI is InChI=1S/C13H15N5O2/c1-10(8-18-5-2-4-15-18)14-7-12-16-13(17-20-12)11-3-6-19-9-11/h2-6,9-10,14H,7-8H2,1H3. The van der Waals surface area contributed by atoms with Crippen LogP contribution in [0.2, 0.25) is 0 Å². The van der Waals surface area contributed by atoms with Crippen molar-refractivity contribution in [2.24, 2.45) is 0 Å². The molecule has 0 bridgehead atoms. The molecule has 0 amide bonds. The topological polar surface area (TPSA) is 81.9 Å². The van der Waals surface area contributed by atoms with Gasteiger partial charge in [-0.1, -0.05) is 5.16 Å².